The van der Waals surface area contributed by atoms with Gasteiger partial charge in [0.05, 0.1) is 15.6 Å². The highest BCUT2D eigenvalue weighted by Crippen LogP contribution is 2.27. The molecule has 0 saturated heterocycles. The van der Waals surface area contributed by atoms with E-state index in [1.165, 1.54) is 29.9 Å². The molecule has 0 saturated carbocycles. The molecule has 0 N–H and O–H groups in total. The normalized spacial score (nSPS) is 11.0. The highest BCUT2D eigenvalue weighted by Gasteiger charge is 2.17. The summed E-state index contributed by atoms with van der Waals surface area (Å²) >= 11 is 5.90. The molecule has 0 bridgehead atoms. The van der Waals surface area contributed by atoms with E-state index in [-0.39, 0.29) is 16.4 Å². The third-order valence-electron chi connectivity index (χ3n) is 2.53. The first kappa shape index (κ1) is 13.4. The van der Waals surface area contributed by atoms with Gasteiger partial charge in [0.15, 0.2) is 0 Å². The third-order valence-corrected chi connectivity index (χ3v) is 2.83. The van der Waals surface area contributed by atoms with Crippen molar-refractivity contribution in [1.29, 1.82) is 0 Å². The first-order valence-electron chi connectivity index (χ1n) is 5.18. The number of alkyl halides is 2. The summed E-state index contributed by atoms with van der Waals surface area (Å²) in [5.74, 6) is 0. The lowest BCUT2D eigenvalue weighted by Crippen LogP contribution is -1.98. The first-order valence-corrected chi connectivity index (χ1v) is 5.56. The topological polar surface area (TPSA) is 61.0 Å². The Morgan fingerprint density at radius 2 is 2.16 bits per heavy atom. The Bertz CT molecular complexity index is 643. The predicted octanol–water partition coefficient (Wildman–Crippen LogP) is 3.68. The molecule has 2 rings (SSSR count). The summed E-state index contributed by atoms with van der Waals surface area (Å²) in [6.45, 7) is 1.50. The molecule has 1 aromatic heterocycles. The predicted molar refractivity (Wildman–Crippen MR) is 64.9 cm³/mol. The molecule has 0 fully saturated rings. The van der Waals surface area contributed by atoms with Crippen molar-refractivity contribution in [3.63, 3.8) is 0 Å². The molecule has 19 heavy (non-hydrogen) atoms. The fraction of sp³-hybridized carbons (Fsp3) is 0.182. The van der Waals surface area contributed by atoms with Crippen LogP contribution in [0.1, 0.15) is 17.7 Å². The summed E-state index contributed by atoms with van der Waals surface area (Å²) in [6.07, 6.45) is -1.28. The first-order chi connectivity index (χ1) is 8.90. The molecule has 0 spiro atoms. The molecule has 0 aliphatic heterocycles. The van der Waals surface area contributed by atoms with Crippen LogP contribution in [0.15, 0.2) is 24.4 Å². The number of nitrogens with zero attached hydrogens (tertiary/aromatic N) is 3. The zero-order valence-corrected chi connectivity index (χ0v) is 10.4. The van der Waals surface area contributed by atoms with Gasteiger partial charge in [-0.1, -0.05) is 11.6 Å². The smallest absolute Gasteiger partial charge is 0.258 e. The van der Waals surface area contributed by atoms with Gasteiger partial charge < -0.3 is 0 Å². The number of hydrogen-bond donors (Lipinski definition) is 0. The van der Waals surface area contributed by atoms with E-state index >= 15 is 0 Å². The number of aryl methyl sites for hydroxylation is 1. The minimum absolute atomic E-state index is 0.0671. The Hall–Kier alpha value is -2.02. The van der Waals surface area contributed by atoms with Crippen LogP contribution in [-0.4, -0.2) is 14.7 Å². The van der Waals surface area contributed by atoms with E-state index in [4.69, 9.17) is 11.6 Å². The standard InChI is InChI=1S/C11H8ClF2N3O2/c1-6-5-16(15-10(6)11(13)14)9-3-2-7(17(18)19)4-8(9)12/h2-5,11H,1H3. The van der Waals surface area contributed by atoms with Crippen molar-refractivity contribution in [1.82, 2.24) is 9.78 Å². The van der Waals surface area contributed by atoms with Crippen LogP contribution in [0.2, 0.25) is 5.02 Å². The van der Waals surface area contributed by atoms with E-state index in [1.807, 2.05) is 0 Å². The second kappa shape index (κ2) is 4.93. The molecule has 1 aromatic carbocycles. The summed E-state index contributed by atoms with van der Waals surface area (Å²) < 4.78 is 26.4. The molecular weight excluding hydrogens is 280 g/mol. The largest absolute Gasteiger partial charge is 0.282 e. The van der Waals surface area contributed by atoms with E-state index in [1.54, 1.807) is 0 Å². The van der Waals surface area contributed by atoms with Crippen molar-refractivity contribution in [2.75, 3.05) is 0 Å². The Kier molecular flexibility index (Phi) is 3.48. The van der Waals surface area contributed by atoms with Crippen molar-refractivity contribution >= 4 is 17.3 Å². The van der Waals surface area contributed by atoms with E-state index in [0.29, 0.717) is 11.3 Å². The summed E-state index contributed by atoms with van der Waals surface area (Å²) in [6, 6.07) is 3.75. The molecule has 5 nitrogen and oxygen atoms in total. The lowest BCUT2D eigenvalue weighted by molar-refractivity contribution is -0.384. The maximum atomic E-state index is 12.6. The van der Waals surface area contributed by atoms with Gasteiger partial charge in [0, 0.05) is 18.3 Å². The van der Waals surface area contributed by atoms with Gasteiger partial charge in [0.1, 0.15) is 5.69 Å². The quantitative estimate of drug-likeness (QED) is 0.639. The van der Waals surface area contributed by atoms with E-state index in [9.17, 15) is 18.9 Å². The molecule has 0 atom stereocenters. The minimum Gasteiger partial charge on any atom is -0.258 e. The van der Waals surface area contributed by atoms with Gasteiger partial charge in [-0.05, 0) is 18.6 Å². The average molecular weight is 288 g/mol. The van der Waals surface area contributed by atoms with Crippen LogP contribution in [0.25, 0.3) is 5.69 Å². The maximum Gasteiger partial charge on any atom is 0.282 e. The molecular formula is C11H8ClF2N3O2. The van der Waals surface area contributed by atoms with Crippen molar-refractivity contribution in [2.45, 2.75) is 13.3 Å². The van der Waals surface area contributed by atoms with Crippen molar-refractivity contribution < 1.29 is 13.7 Å². The van der Waals surface area contributed by atoms with Crippen LogP contribution in [-0.2, 0) is 0 Å². The Balaban J connectivity index is 2.48. The maximum absolute atomic E-state index is 12.6. The van der Waals surface area contributed by atoms with Gasteiger partial charge in [-0.15, -0.1) is 0 Å². The average Bonchev–Trinajstić information content (AvgIpc) is 2.71. The number of non-ortho nitro benzene ring substituents is 1. The Labute approximate surface area is 111 Å². The number of aromatic nitrogens is 2. The van der Waals surface area contributed by atoms with Gasteiger partial charge in [-0.25, -0.2) is 13.5 Å². The van der Waals surface area contributed by atoms with Gasteiger partial charge in [0.2, 0.25) is 0 Å². The van der Waals surface area contributed by atoms with Crippen LogP contribution in [0.4, 0.5) is 14.5 Å². The summed E-state index contributed by atoms with van der Waals surface area (Å²) in [5.41, 5.74) is 0.118. The third kappa shape index (κ3) is 2.55. The Morgan fingerprint density at radius 1 is 1.47 bits per heavy atom. The summed E-state index contributed by atoms with van der Waals surface area (Å²) in [4.78, 5) is 9.99. The number of halogens is 3. The molecule has 100 valence electrons. The molecule has 0 radical (unpaired) electrons. The van der Waals surface area contributed by atoms with Crippen molar-refractivity contribution in [2.24, 2.45) is 0 Å². The molecule has 8 heteroatoms. The highest BCUT2D eigenvalue weighted by molar-refractivity contribution is 6.32. The molecule has 1 heterocycles. The SMILES string of the molecule is Cc1cn(-c2ccc([N+](=O)[O-])cc2Cl)nc1C(F)F. The van der Waals surface area contributed by atoms with Crippen molar-refractivity contribution in [3.8, 4) is 5.69 Å². The Morgan fingerprint density at radius 3 is 2.63 bits per heavy atom. The monoisotopic (exact) mass is 287 g/mol. The number of hydrogen-bond acceptors (Lipinski definition) is 3. The van der Waals surface area contributed by atoms with E-state index in [2.05, 4.69) is 5.10 Å². The van der Waals surface area contributed by atoms with Crippen LogP contribution in [0.3, 0.4) is 0 Å². The van der Waals surface area contributed by atoms with E-state index in [0.717, 1.165) is 6.07 Å². The molecule has 0 unspecified atom stereocenters. The van der Waals surface area contributed by atoms with Gasteiger partial charge in [-0.2, -0.15) is 5.10 Å². The van der Waals surface area contributed by atoms with Crippen LogP contribution in [0, 0.1) is 17.0 Å². The fourth-order valence-electron chi connectivity index (χ4n) is 1.61. The number of nitro benzene ring substituents is 1. The van der Waals surface area contributed by atoms with E-state index < -0.39 is 11.3 Å². The van der Waals surface area contributed by atoms with Crippen LogP contribution in [0.5, 0.6) is 0 Å². The van der Waals surface area contributed by atoms with Gasteiger partial charge >= 0.3 is 0 Å². The van der Waals surface area contributed by atoms with Gasteiger partial charge in [0.25, 0.3) is 12.1 Å². The van der Waals surface area contributed by atoms with Crippen LogP contribution < -0.4 is 0 Å². The summed E-state index contributed by atoms with van der Waals surface area (Å²) in [5, 5.41) is 14.4. The zero-order valence-electron chi connectivity index (χ0n) is 9.68. The second-order valence-electron chi connectivity index (χ2n) is 3.84. The lowest BCUT2D eigenvalue weighted by atomic mass is 10.3. The fourth-order valence-corrected chi connectivity index (χ4v) is 1.87. The van der Waals surface area contributed by atoms with Crippen LogP contribution >= 0.6 is 11.6 Å². The second-order valence-corrected chi connectivity index (χ2v) is 4.24. The number of rotatable bonds is 3. The minimum atomic E-state index is -2.68. The molecule has 0 aliphatic carbocycles. The zero-order chi connectivity index (χ0) is 14.2. The number of benzene rings is 1. The van der Waals surface area contributed by atoms with Crippen molar-refractivity contribution in [3.05, 3.63) is 50.8 Å². The number of nitro groups is 1. The van der Waals surface area contributed by atoms with Gasteiger partial charge in [-0.3, -0.25) is 10.1 Å². The molecule has 0 aliphatic rings. The molecule has 0 amide bonds. The molecule has 2 aromatic rings. The highest BCUT2D eigenvalue weighted by atomic mass is 35.5. The summed E-state index contributed by atoms with van der Waals surface area (Å²) in [7, 11) is 0. The lowest BCUT2D eigenvalue weighted by Gasteiger charge is -2.03.